The highest BCUT2D eigenvalue weighted by Gasteiger charge is 2.09. The summed E-state index contributed by atoms with van der Waals surface area (Å²) < 4.78 is 5.14. The lowest BCUT2D eigenvalue weighted by Crippen LogP contribution is -2.25. The molecule has 0 heterocycles. The maximum Gasteiger partial charge on any atom is 0.137 e. The lowest BCUT2D eigenvalue weighted by atomic mass is 10.1. The monoisotopic (exact) mass is 228 g/mol. The van der Waals surface area contributed by atoms with Gasteiger partial charge in [0.15, 0.2) is 0 Å². The number of likely N-dealkylation sites (N-methyl/N-ethyl adjacent to an activating group) is 1. The van der Waals surface area contributed by atoms with Crippen LogP contribution in [-0.2, 0) is 0 Å². The molecule has 1 aromatic carbocycles. The van der Waals surface area contributed by atoms with Crippen molar-refractivity contribution in [2.75, 3.05) is 27.7 Å². The third kappa shape index (κ3) is 3.38. The Morgan fingerprint density at radius 2 is 2.13 bits per heavy atom. The summed E-state index contributed by atoms with van der Waals surface area (Å²) in [6.45, 7) is 0.796. The molecule has 0 aliphatic heterocycles. The molecule has 1 aromatic rings. The van der Waals surface area contributed by atoms with Crippen LogP contribution < -0.4 is 10.5 Å². The zero-order valence-electron chi connectivity index (χ0n) is 9.33. The van der Waals surface area contributed by atoms with Gasteiger partial charge < -0.3 is 15.4 Å². The van der Waals surface area contributed by atoms with Gasteiger partial charge in [0.25, 0.3) is 0 Å². The van der Waals surface area contributed by atoms with Crippen molar-refractivity contribution in [2.45, 2.75) is 6.04 Å². The minimum atomic E-state index is -0.0221. The van der Waals surface area contributed by atoms with E-state index in [2.05, 4.69) is 0 Å². The Kier molecular flexibility index (Phi) is 4.39. The fraction of sp³-hybridized carbons (Fsp3) is 0.455. The molecule has 15 heavy (non-hydrogen) atoms. The van der Waals surface area contributed by atoms with Crippen LogP contribution in [-0.4, -0.2) is 32.6 Å². The zero-order chi connectivity index (χ0) is 11.4. The third-order valence-corrected chi connectivity index (χ3v) is 2.48. The Balaban J connectivity index is 2.85. The molecule has 0 fully saturated rings. The van der Waals surface area contributed by atoms with Crippen molar-refractivity contribution >= 4 is 11.6 Å². The van der Waals surface area contributed by atoms with E-state index in [-0.39, 0.29) is 6.04 Å². The highest BCUT2D eigenvalue weighted by molar-refractivity contribution is 6.32. The third-order valence-electron chi connectivity index (χ3n) is 2.17. The van der Waals surface area contributed by atoms with Gasteiger partial charge in [-0.3, -0.25) is 0 Å². The largest absolute Gasteiger partial charge is 0.495 e. The number of ether oxygens (including phenoxy) is 1. The maximum absolute atomic E-state index is 6.03. The molecule has 0 aliphatic carbocycles. The second-order valence-electron chi connectivity index (χ2n) is 3.76. The van der Waals surface area contributed by atoms with Gasteiger partial charge in [0.05, 0.1) is 12.1 Å². The summed E-state index contributed by atoms with van der Waals surface area (Å²) in [5.74, 6) is 0.670. The highest BCUT2D eigenvalue weighted by atomic mass is 35.5. The standard InChI is InChI=1S/C11H17ClN2O/c1-14(2)7-10(13)8-4-5-9(12)11(6-8)15-3/h4-6,10H,7,13H2,1-3H3. The molecule has 0 spiro atoms. The number of rotatable bonds is 4. The van der Waals surface area contributed by atoms with E-state index in [9.17, 15) is 0 Å². The van der Waals surface area contributed by atoms with Crippen LogP contribution in [0.2, 0.25) is 5.02 Å². The number of nitrogens with two attached hydrogens (primary N) is 1. The maximum atomic E-state index is 6.03. The summed E-state index contributed by atoms with van der Waals surface area (Å²) in [5, 5.41) is 0.610. The van der Waals surface area contributed by atoms with E-state index in [0.717, 1.165) is 12.1 Å². The van der Waals surface area contributed by atoms with Crippen molar-refractivity contribution in [3.63, 3.8) is 0 Å². The van der Waals surface area contributed by atoms with Crippen molar-refractivity contribution in [1.82, 2.24) is 4.90 Å². The number of halogens is 1. The van der Waals surface area contributed by atoms with Crippen molar-refractivity contribution in [1.29, 1.82) is 0 Å². The number of hydrogen-bond acceptors (Lipinski definition) is 3. The molecule has 0 aromatic heterocycles. The van der Waals surface area contributed by atoms with E-state index < -0.39 is 0 Å². The van der Waals surface area contributed by atoms with Gasteiger partial charge >= 0.3 is 0 Å². The van der Waals surface area contributed by atoms with E-state index in [4.69, 9.17) is 22.1 Å². The van der Waals surface area contributed by atoms with Crippen molar-refractivity contribution < 1.29 is 4.74 Å². The van der Waals surface area contributed by atoms with Crippen LogP contribution in [0, 0.1) is 0 Å². The Labute approximate surface area is 95.8 Å². The van der Waals surface area contributed by atoms with Crippen LogP contribution in [0.5, 0.6) is 5.75 Å². The van der Waals surface area contributed by atoms with E-state index in [1.807, 2.05) is 37.2 Å². The summed E-state index contributed by atoms with van der Waals surface area (Å²) >= 11 is 5.93. The van der Waals surface area contributed by atoms with E-state index >= 15 is 0 Å². The van der Waals surface area contributed by atoms with Gasteiger partial charge in [-0.15, -0.1) is 0 Å². The van der Waals surface area contributed by atoms with Crippen molar-refractivity contribution in [2.24, 2.45) is 5.73 Å². The summed E-state index contributed by atoms with van der Waals surface area (Å²) in [7, 11) is 5.59. The minimum Gasteiger partial charge on any atom is -0.495 e. The Bertz CT molecular complexity index is 328. The topological polar surface area (TPSA) is 38.5 Å². The Morgan fingerprint density at radius 3 is 2.67 bits per heavy atom. The molecule has 4 heteroatoms. The fourth-order valence-corrected chi connectivity index (χ4v) is 1.60. The Morgan fingerprint density at radius 1 is 1.47 bits per heavy atom. The fourth-order valence-electron chi connectivity index (χ4n) is 1.41. The van der Waals surface area contributed by atoms with Gasteiger partial charge in [0.1, 0.15) is 5.75 Å². The van der Waals surface area contributed by atoms with Gasteiger partial charge in [-0.25, -0.2) is 0 Å². The molecule has 1 atom stereocenters. The molecule has 0 amide bonds. The summed E-state index contributed by atoms with van der Waals surface area (Å²) in [6, 6.07) is 5.60. The van der Waals surface area contributed by atoms with Crippen molar-refractivity contribution in [3.8, 4) is 5.75 Å². The SMILES string of the molecule is COc1cc(C(N)CN(C)C)ccc1Cl. The van der Waals surface area contributed by atoms with Gasteiger partial charge in [-0.05, 0) is 31.8 Å². The van der Waals surface area contributed by atoms with Gasteiger partial charge in [-0.2, -0.15) is 0 Å². The summed E-state index contributed by atoms with van der Waals surface area (Å²) in [5.41, 5.74) is 7.06. The average molecular weight is 229 g/mol. The molecule has 3 nitrogen and oxygen atoms in total. The first kappa shape index (κ1) is 12.3. The lowest BCUT2D eigenvalue weighted by molar-refractivity contribution is 0.375. The smallest absolute Gasteiger partial charge is 0.137 e. The minimum absolute atomic E-state index is 0.0221. The van der Waals surface area contributed by atoms with Gasteiger partial charge in [0.2, 0.25) is 0 Å². The second-order valence-corrected chi connectivity index (χ2v) is 4.17. The quantitative estimate of drug-likeness (QED) is 0.856. The van der Waals surface area contributed by atoms with Crippen LogP contribution >= 0.6 is 11.6 Å². The molecular formula is C11H17ClN2O. The molecule has 0 saturated carbocycles. The number of nitrogens with zero attached hydrogens (tertiary/aromatic N) is 1. The van der Waals surface area contributed by atoms with Crippen molar-refractivity contribution in [3.05, 3.63) is 28.8 Å². The highest BCUT2D eigenvalue weighted by Crippen LogP contribution is 2.27. The summed E-state index contributed by atoms with van der Waals surface area (Å²) in [6.07, 6.45) is 0. The van der Waals surface area contributed by atoms with Gasteiger partial charge in [0, 0.05) is 12.6 Å². The van der Waals surface area contributed by atoms with E-state index in [1.165, 1.54) is 0 Å². The average Bonchev–Trinajstić information content (AvgIpc) is 2.17. The molecule has 1 rings (SSSR count). The van der Waals surface area contributed by atoms with Crippen LogP contribution in [0.4, 0.5) is 0 Å². The lowest BCUT2D eigenvalue weighted by Gasteiger charge is -2.18. The molecule has 0 aliphatic rings. The van der Waals surface area contributed by atoms with E-state index in [1.54, 1.807) is 7.11 Å². The van der Waals surface area contributed by atoms with Crippen LogP contribution in [0.3, 0.4) is 0 Å². The number of methoxy groups -OCH3 is 1. The molecule has 0 bridgehead atoms. The number of benzene rings is 1. The Hall–Kier alpha value is -0.770. The van der Waals surface area contributed by atoms with Gasteiger partial charge in [-0.1, -0.05) is 17.7 Å². The van der Waals surface area contributed by atoms with Crippen LogP contribution in [0.1, 0.15) is 11.6 Å². The normalized spacial score (nSPS) is 12.9. The molecular weight excluding hydrogens is 212 g/mol. The molecule has 0 radical (unpaired) electrons. The molecule has 2 N–H and O–H groups in total. The van der Waals surface area contributed by atoms with E-state index in [0.29, 0.717) is 10.8 Å². The zero-order valence-corrected chi connectivity index (χ0v) is 10.1. The second kappa shape index (κ2) is 5.35. The first-order chi connectivity index (χ1) is 7.04. The molecule has 84 valence electrons. The predicted molar refractivity (Wildman–Crippen MR) is 63.5 cm³/mol. The molecule has 1 unspecified atom stereocenters. The first-order valence-corrected chi connectivity index (χ1v) is 5.16. The summed E-state index contributed by atoms with van der Waals surface area (Å²) in [4.78, 5) is 2.05. The van der Waals surface area contributed by atoms with Crippen LogP contribution in [0.15, 0.2) is 18.2 Å². The number of hydrogen-bond donors (Lipinski definition) is 1. The van der Waals surface area contributed by atoms with Crippen LogP contribution in [0.25, 0.3) is 0 Å². The first-order valence-electron chi connectivity index (χ1n) is 4.78. The molecule has 0 saturated heterocycles. The predicted octanol–water partition coefficient (Wildman–Crippen LogP) is 1.91.